The smallest absolute Gasteiger partial charge is 0.221 e. The first-order valence-corrected chi connectivity index (χ1v) is 9.16. The molecule has 0 saturated heterocycles. The topological polar surface area (TPSA) is 58.1 Å². The van der Waals surface area contributed by atoms with E-state index in [0.717, 1.165) is 31.2 Å². The summed E-state index contributed by atoms with van der Waals surface area (Å²) in [6.45, 7) is 9.38. The molecule has 1 amide bonds. The van der Waals surface area contributed by atoms with Crippen molar-refractivity contribution in [3.8, 4) is 0 Å². The fourth-order valence-corrected chi connectivity index (χ4v) is 3.33. The second-order valence-corrected chi connectivity index (χ2v) is 8.26. The van der Waals surface area contributed by atoms with Crippen molar-refractivity contribution in [1.82, 2.24) is 20.2 Å². The lowest BCUT2D eigenvalue weighted by Crippen LogP contribution is -2.27. The summed E-state index contributed by atoms with van der Waals surface area (Å²) in [6, 6.07) is 4.04. The van der Waals surface area contributed by atoms with Crippen LogP contribution in [-0.2, 0) is 29.8 Å². The van der Waals surface area contributed by atoms with Crippen molar-refractivity contribution in [1.29, 1.82) is 0 Å². The van der Waals surface area contributed by atoms with Gasteiger partial charge in [-0.05, 0) is 11.4 Å². The summed E-state index contributed by atoms with van der Waals surface area (Å²) < 4.78 is 0. The number of thiophene rings is 1. The fourth-order valence-electron chi connectivity index (χ4n) is 2.69. The summed E-state index contributed by atoms with van der Waals surface area (Å²) in [5.74, 6) is 0.984. The normalized spacial score (nSPS) is 14.6. The fraction of sp³-hybridized carbons (Fsp3) is 0.500. The van der Waals surface area contributed by atoms with Crippen LogP contribution in [0.1, 0.15) is 49.2 Å². The van der Waals surface area contributed by atoms with E-state index in [9.17, 15) is 4.79 Å². The standard InChI is InChI=1S/C18H24N4OS/c1-18(2,3)17-20-9-13-11-22(12-15(13)21-17)7-6-16(23)19-10-14-5-4-8-24-14/h4-5,8-9H,6-7,10-12H2,1-3H3,(H,19,23). The van der Waals surface area contributed by atoms with Crippen LogP contribution in [0.5, 0.6) is 0 Å². The first-order valence-electron chi connectivity index (χ1n) is 8.28. The molecular formula is C18H24N4OS. The Hall–Kier alpha value is -1.79. The maximum absolute atomic E-state index is 12.0. The van der Waals surface area contributed by atoms with E-state index < -0.39 is 0 Å². The Bertz CT molecular complexity index is 706. The monoisotopic (exact) mass is 344 g/mol. The number of nitrogens with one attached hydrogen (secondary N) is 1. The quantitative estimate of drug-likeness (QED) is 0.906. The van der Waals surface area contributed by atoms with Crippen LogP contribution in [0.25, 0.3) is 0 Å². The van der Waals surface area contributed by atoms with Crippen LogP contribution < -0.4 is 5.32 Å². The minimum Gasteiger partial charge on any atom is -0.351 e. The molecule has 3 rings (SSSR count). The summed E-state index contributed by atoms with van der Waals surface area (Å²) in [7, 11) is 0. The van der Waals surface area contributed by atoms with Gasteiger partial charge >= 0.3 is 0 Å². The van der Waals surface area contributed by atoms with E-state index in [1.807, 2.05) is 23.7 Å². The van der Waals surface area contributed by atoms with Crippen molar-refractivity contribution in [2.24, 2.45) is 0 Å². The van der Waals surface area contributed by atoms with E-state index in [0.29, 0.717) is 13.0 Å². The van der Waals surface area contributed by atoms with Crippen LogP contribution in [0.2, 0.25) is 0 Å². The second-order valence-electron chi connectivity index (χ2n) is 7.23. The molecule has 0 unspecified atom stereocenters. The molecule has 0 atom stereocenters. The third-order valence-electron chi connectivity index (χ3n) is 4.09. The van der Waals surface area contributed by atoms with Crippen molar-refractivity contribution < 1.29 is 4.79 Å². The first kappa shape index (κ1) is 17.0. The van der Waals surface area contributed by atoms with Crippen molar-refractivity contribution >= 4 is 17.2 Å². The molecule has 0 bridgehead atoms. The summed E-state index contributed by atoms with van der Waals surface area (Å²) in [6.07, 6.45) is 2.46. The zero-order valence-corrected chi connectivity index (χ0v) is 15.3. The number of hydrogen-bond donors (Lipinski definition) is 1. The molecule has 2 aromatic rings. The van der Waals surface area contributed by atoms with Gasteiger partial charge in [0.2, 0.25) is 5.91 Å². The predicted octanol–water partition coefficient (Wildman–Crippen LogP) is 2.86. The number of aromatic nitrogens is 2. The third-order valence-corrected chi connectivity index (χ3v) is 4.96. The van der Waals surface area contributed by atoms with Gasteiger partial charge in [-0.3, -0.25) is 9.69 Å². The zero-order valence-electron chi connectivity index (χ0n) is 14.5. The molecule has 5 nitrogen and oxygen atoms in total. The van der Waals surface area contributed by atoms with Gasteiger partial charge in [-0.25, -0.2) is 9.97 Å². The molecule has 0 saturated carbocycles. The number of carbonyl (C=O) groups is 1. The van der Waals surface area contributed by atoms with E-state index in [1.54, 1.807) is 11.3 Å². The minimum atomic E-state index is -0.0376. The molecule has 1 aliphatic heterocycles. The highest BCUT2D eigenvalue weighted by Gasteiger charge is 2.24. The van der Waals surface area contributed by atoms with Gasteiger partial charge < -0.3 is 5.32 Å². The first-order chi connectivity index (χ1) is 11.4. The molecule has 0 radical (unpaired) electrons. The number of carbonyl (C=O) groups excluding carboxylic acids is 1. The number of fused-ring (bicyclic) bond motifs is 1. The predicted molar refractivity (Wildman–Crippen MR) is 95.6 cm³/mol. The highest BCUT2D eigenvalue weighted by Crippen LogP contribution is 2.24. The molecule has 3 heterocycles. The molecule has 0 spiro atoms. The third kappa shape index (κ3) is 4.19. The van der Waals surface area contributed by atoms with Crippen LogP contribution in [0.4, 0.5) is 0 Å². The Kier molecular flexibility index (Phi) is 4.96. The molecule has 128 valence electrons. The van der Waals surface area contributed by atoms with Gasteiger partial charge in [0, 0.05) is 48.1 Å². The van der Waals surface area contributed by atoms with Gasteiger partial charge in [-0.15, -0.1) is 11.3 Å². The van der Waals surface area contributed by atoms with Gasteiger partial charge in [-0.1, -0.05) is 26.8 Å². The minimum absolute atomic E-state index is 0.0376. The maximum atomic E-state index is 12.0. The Morgan fingerprint density at radius 1 is 1.38 bits per heavy atom. The van der Waals surface area contributed by atoms with Crippen molar-refractivity contribution in [2.45, 2.75) is 52.2 Å². The van der Waals surface area contributed by atoms with Crippen molar-refractivity contribution in [2.75, 3.05) is 6.54 Å². The van der Waals surface area contributed by atoms with Crippen molar-refractivity contribution in [3.63, 3.8) is 0 Å². The van der Waals surface area contributed by atoms with Crippen LogP contribution in [0.15, 0.2) is 23.7 Å². The van der Waals surface area contributed by atoms with E-state index >= 15 is 0 Å². The Morgan fingerprint density at radius 3 is 2.92 bits per heavy atom. The van der Waals surface area contributed by atoms with Crippen LogP contribution in [0.3, 0.4) is 0 Å². The van der Waals surface area contributed by atoms with Crippen LogP contribution in [0, 0.1) is 0 Å². The molecule has 0 fully saturated rings. The Labute approximate surface area is 147 Å². The molecule has 1 N–H and O–H groups in total. The summed E-state index contributed by atoms with van der Waals surface area (Å²) in [5, 5.41) is 5.00. The number of nitrogens with zero attached hydrogens (tertiary/aromatic N) is 3. The van der Waals surface area contributed by atoms with E-state index in [-0.39, 0.29) is 11.3 Å². The molecule has 24 heavy (non-hydrogen) atoms. The van der Waals surface area contributed by atoms with E-state index in [1.165, 1.54) is 10.4 Å². The van der Waals surface area contributed by atoms with Crippen molar-refractivity contribution in [3.05, 3.63) is 45.7 Å². The zero-order chi connectivity index (χ0) is 17.2. The summed E-state index contributed by atoms with van der Waals surface area (Å²) in [5.41, 5.74) is 2.25. The average molecular weight is 344 g/mol. The van der Waals surface area contributed by atoms with Crippen LogP contribution >= 0.6 is 11.3 Å². The molecule has 0 aliphatic carbocycles. The van der Waals surface area contributed by atoms with E-state index in [4.69, 9.17) is 4.98 Å². The molecule has 1 aliphatic rings. The van der Waals surface area contributed by atoms with E-state index in [2.05, 4.69) is 36.0 Å². The summed E-state index contributed by atoms with van der Waals surface area (Å²) >= 11 is 1.66. The molecule has 6 heteroatoms. The molecule has 2 aromatic heterocycles. The molecular weight excluding hydrogens is 320 g/mol. The Balaban J connectivity index is 1.48. The van der Waals surface area contributed by atoms with Gasteiger partial charge in [0.05, 0.1) is 12.2 Å². The second kappa shape index (κ2) is 6.99. The van der Waals surface area contributed by atoms with Gasteiger partial charge in [0.25, 0.3) is 0 Å². The largest absolute Gasteiger partial charge is 0.351 e. The van der Waals surface area contributed by atoms with Gasteiger partial charge in [-0.2, -0.15) is 0 Å². The number of amides is 1. The van der Waals surface area contributed by atoms with Gasteiger partial charge in [0.1, 0.15) is 5.82 Å². The molecule has 0 aromatic carbocycles. The summed E-state index contributed by atoms with van der Waals surface area (Å²) in [4.78, 5) is 24.6. The highest BCUT2D eigenvalue weighted by molar-refractivity contribution is 7.09. The lowest BCUT2D eigenvalue weighted by atomic mass is 9.95. The average Bonchev–Trinajstić information content (AvgIpc) is 3.18. The number of rotatable bonds is 5. The lowest BCUT2D eigenvalue weighted by molar-refractivity contribution is -0.121. The van der Waals surface area contributed by atoms with Crippen LogP contribution in [-0.4, -0.2) is 27.3 Å². The lowest BCUT2D eigenvalue weighted by Gasteiger charge is -2.16. The van der Waals surface area contributed by atoms with Gasteiger partial charge in [0.15, 0.2) is 0 Å². The Morgan fingerprint density at radius 2 is 2.21 bits per heavy atom. The highest BCUT2D eigenvalue weighted by atomic mass is 32.1. The number of hydrogen-bond acceptors (Lipinski definition) is 5. The SMILES string of the molecule is CC(C)(C)c1ncc2c(n1)CN(CCC(=O)NCc1cccs1)C2. The maximum Gasteiger partial charge on any atom is 0.221 e.